The quantitative estimate of drug-likeness (QED) is 0.831. The third-order valence-corrected chi connectivity index (χ3v) is 3.06. The largest absolute Gasteiger partial charge is 0.467 e. The summed E-state index contributed by atoms with van der Waals surface area (Å²) in [5, 5.41) is 3.48. The number of benzene rings is 1. The van der Waals surface area contributed by atoms with E-state index in [0.29, 0.717) is 0 Å². The van der Waals surface area contributed by atoms with E-state index >= 15 is 0 Å². The lowest BCUT2D eigenvalue weighted by Crippen LogP contribution is -2.21. The zero-order valence-corrected chi connectivity index (χ0v) is 11.1. The molecule has 0 saturated heterocycles. The Hall–Kier alpha value is -1.54. The summed E-state index contributed by atoms with van der Waals surface area (Å²) in [5.41, 5.74) is 2.67. The molecule has 1 atom stereocenters. The van der Waals surface area contributed by atoms with Gasteiger partial charge in [0.25, 0.3) is 0 Å². The van der Waals surface area contributed by atoms with Gasteiger partial charge in [-0.2, -0.15) is 0 Å². The van der Waals surface area contributed by atoms with Gasteiger partial charge in [0.05, 0.1) is 12.3 Å². The number of hydrogen-bond donors (Lipinski definition) is 1. The minimum Gasteiger partial charge on any atom is -0.467 e. The minimum absolute atomic E-state index is 0.154. The maximum Gasteiger partial charge on any atom is 0.125 e. The van der Waals surface area contributed by atoms with E-state index in [1.165, 1.54) is 17.5 Å². The third kappa shape index (κ3) is 3.02. The Bertz CT molecular complexity index is 462. The summed E-state index contributed by atoms with van der Waals surface area (Å²) in [7, 11) is 0. The van der Waals surface area contributed by atoms with Crippen LogP contribution in [0.5, 0.6) is 0 Å². The van der Waals surface area contributed by atoms with Crippen molar-refractivity contribution in [3.8, 4) is 0 Å². The molecule has 1 heterocycles. The Labute approximate surface area is 109 Å². The fraction of sp³-hybridized carbons (Fsp3) is 0.375. The summed E-state index contributed by atoms with van der Waals surface area (Å²) in [5.74, 6) is 0.977. The zero-order valence-electron chi connectivity index (χ0n) is 11.1. The second-order valence-electron chi connectivity index (χ2n) is 4.50. The standard InChI is InChI=1S/C16H21NO/c1-3-7-13-8-5-9-14(12-13)16(17-4-2)15-10-6-11-18-15/h5-6,8-12,16-17H,3-4,7H2,1-2H3. The maximum absolute atomic E-state index is 5.54. The van der Waals surface area contributed by atoms with Crippen molar-refractivity contribution in [2.45, 2.75) is 32.7 Å². The highest BCUT2D eigenvalue weighted by atomic mass is 16.3. The molecule has 0 fully saturated rings. The summed E-state index contributed by atoms with van der Waals surface area (Å²) in [4.78, 5) is 0. The van der Waals surface area contributed by atoms with Crippen molar-refractivity contribution in [1.29, 1.82) is 0 Å². The van der Waals surface area contributed by atoms with Crippen LogP contribution in [0.15, 0.2) is 47.1 Å². The van der Waals surface area contributed by atoms with E-state index in [0.717, 1.165) is 18.7 Å². The molecule has 2 heteroatoms. The van der Waals surface area contributed by atoms with Crippen LogP contribution in [0.1, 0.15) is 43.2 Å². The molecule has 0 aliphatic rings. The topological polar surface area (TPSA) is 25.2 Å². The summed E-state index contributed by atoms with van der Waals surface area (Å²) >= 11 is 0. The highest BCUT2D eigenvalue weighted by molar-refractivity contribution is 5.30. The van der Waals surface area contributed by atoms with Crippen molar-refractivity contribution in [3.63, 3.8) is 0 Å². The Morgan fingerprint density at radius 2 is 2.06 bits per heavy atom. The summed E-state index contributed by atoms with van der Waals surface area (Å²) in [6, 6.07) is 12.9. The number of aryl methyl sites for hydroxylation is 1. The Kier molecular flexibility index (Phi) is 4.59. The number of furan rings is 1. The molecule has 2 nitrogen and oxygen atoms in total. The molecule has 96 valence electrons. The average Bonchev–Trinajstić information content (AvgIpc) is 2.90. The van der Waals surface area contributed by atoms with E-state index in [9.17, 15) is 0 Å². The lowest BCUT2D eigenvalue weighted by atomic mass is 10.00. The molecule has 0 bridgehead atoms. The van der Waals surface area contributed by atoms with Crippen LogP contribution >= 0.6 is 0 Å². The van der Waals surface area contributed by atoms with E-state index < -0.39 is 0 Å². The molecule has 1 aromatic heterocycles. The first-order valence-corrected chi connectivity index (χ1v) is 6.70. The molecule has 0 spiro atoms. The summed E-state index contributed by atoms with van der Waals surface area (Å²) in [6.45, 7) is 5.25. The Morgan fingerprint density at radius 3 is 2.72 bits per heavy atom. The first-order valence-electron chi connectivity index (χ1n) is 6.70. The van der Waals surface area contributed by atoms with Crippen LogP contribution in [0, 0.1) is 0 Å². The van der Waals surface area contributed by atoms with Crippen LogP contribution in [0.4, 0.5) is 0 Å². The van der Waals surface area contributed by atoms with E-state index in [4.69, 9.17) is 4.42 Å². The molecule has 0 saturated carbocycles. The smallest absolute Gasteiger partial charge is 0.125 e. The van der Waals surface area contributed by atoms with E-state index in [2.05, 4.69) is 43.4 Å². The van der Waals surface area contributed by atoms with Gasteiger partial charge in [0.2, 0.25) is 0 Å². The number of rotatable bonds is 6. The first kappa shape index (κ1) is 12.9. The lowest BCUT2D eigenvalue weighted by Gasteiger charge is -2.16. The van der Waals surface area contributed by atoms with Crippen LogP contribution in [0.3, 0.4) is 0 Å². The monoisotopic (exact) mass is 243 g/mol. The second kappa shape index (κ2) is 6.41. The SMILES string of the molecule is CCCc1cccc(C(NCC)c2ccco2)c1. The van der Waals surface area contributed by atoms with E-state index in [1.54, 1.807) is 6.26 Å². The van der Waals surface area contributed by atoms with Gasteiger partial charge in [0.15, 0.2) is 0 Å². The molecular formula is C16H21NO. The predicted octanol–water partition coefficient (Wildman–Crippen LogP) is 3.93. The van der Waals surface area contributed by atoms with Crippen LogP contribution in [-0.4, -0.2) is 6.54 Å². The summed E-state index contributed by atoms with van der Waals surface area (Å²) < 4.78 is 5.54. The normalized spacial score (nSPS) is 12.6. The Balaban J connectivity index is 2.27. The van der Waals surface area contributed by atoms with Crippen LogP contribution in [0.25, 0.3) is 0 Å². The molecule has 0 radical (unpaired) electrons. The van der Waals surface area contributed by atoms with Crippen LogP contribution < -0.4 is 5.32 Å². The van der Waals surface area contributed by atoms with Gasteiger partial charge < -0.3 is 9.73 Å². The molecule has 18 heavy (non-hydrogen) atoms. The first-order chi connectivity index (χ1) is 8.85. The molecule has 0 aliphatic heterocycles. The molecule has 1 N–H and O–H groups in total. The number of hydrogen-bond acceptors (Lipinski definition) is 2. The fourth-order valence-electron chi connectivity index (χ4n) is 2.26. The maximum atomic E-state index is 5.54. The van der Waals surface area contributed by atoms with Crippen LogP contribution in [-0.2, 0) is 6.42 Å². The van der Waals surface area contributed by atoms with Gasteiger partial charge in [0.1, 0.15) is 5.76 Å². The van der Waals surface area contributed by atoms with Gasteiger partial charge in [0, 0.05) is 0 Å². The molecule has 1 aromatic carbocycles. The van der Waals surface area contributed by atoms with Gasteiger partial charge in [-0.3, -0.25) is 0 Å². The lowest BCUT2D eigenvalue weighted by molar-refractivity contribution is 0.452. The van der Waals surface area contributed by atoms with Crippen molar-refractivity contribution in [2.75, 3.05) is 6.54 Å². The molecule has 0 aliphatic carbocycles. The zero-order chi connectivity index (χ0) is 12.8. The van der Waals surface area contributed by atoms with Gasteiger partial charge in [-0.05, 0) is 36.2 Å². The second-order valence-corrected chi connectivity index (χ2v) is 4.50. The summed E-state index contributed by atoms with van der Waals surface area (Å²) in [6.07, 6.45) is 4.04. The molecular weight excluding hydrogens is 222 g/mol. The average molecular weight is 243 g/mol. The highest BCUT2D eigenvalue weighted by Gasteiger charge is 2.15. The third-order valence-electron chi connectivity index (χ3n) is 3.06. The molecule has 2 rings (SSSR count). The van der Waals surface area contributed by atoms with Gasteiger partial charge in [-0.25, -0.2) is 0 Å². The van der Waals surface area contributed by atoms with Crippen molar-refractivity contribution in [3.05, 3.63) is 59.5 Å². The van der Waals surface area contributed by atoms with E-state index in [1.807, 2.05) is 12.1 Å². The van der Waals surface area contributed by atoms with Crippen LogP contribution in [0.2, 0.25) is 0 Å². The van der Waals surface area contributed by atoms with Gasteiger partial charge >= 0.3 is 0 Å². The highest BCUT2D eigenvalue weighted by Crippen LogP contribution is 2.23. The van der Waals surface area contributed by atoms with Gasteiger partial charge in [-0.1, -0.05) is 44.5 Å². The van der Waals surface area contributed by atoms with E-state index in [-0.39, 0.29) is 6.04 Å². The van der Waals surface area contributed by atoms with Gasteiger partial charge in [-0.15, -0.1) is 0 Å². The minimum atomic E-state index is 0.154. The van der Waals surface area contributed by atoms with Crippen molar-refractivity contribution in [1.82, 2.24) is 5.32 Å². The molecule has 1 unspecified atom stereocenters. The Morgan fingerprint density at radius 1 is 1.17 bits per heavy atom. The van der Waals surface area contributed by atoms with Crippen molar-refractivity contribution < 1.29 is 4.42 Å². The van der Waals surface area contributed by atoms with Crippen molar-refractivity contribution in [2.24, 2.45) is 0 Å². The molecule has 0 amide bonds. The molecule has 2 aromatic rings. The number of nitrogens with one attached hydrogen (secondary N) is 1. The fourth-order valence-corrected chi connectivity index (χ4v) is 2.26. The van der Waals surface area contributed by atoms with Crippen molar-refractivity contribution >= 4 is 0 Å². The predicted molar refractivity (Wildman–Crippen MR) is 74.7 cm³/mol.